The first kappa shape index (κ1) is 17.5. The summed E-state index contributed by atoms with van der Waals surface area (Å²) in [5, 5.41) is 6.27. The van der Waals surface area contributed by atoms with Crippen LogP contribution in [0.25, 0.3) is 0 Å². The summed E-state index contributed by atoms with van der Waals surface area (Å²) < 4.78 is 0. The third kappa shape index (κ3) is 5.37. The average molecular weight is 351 g/mol. The third-order valence-electron chi connectivity index (χ3n) is 3.28. The maximum atomic E-state index is 12.0. The lowest BCUT2D eigenvalue weighted by atomic mass is 10.2. The number of rotatable bonds is 6. The molecule has 4 nitrogen and oxygen atoms in total. The van der Waals surface area contributed by atoms with Crippen molar-refractivity contribution >= 4 is 40.4 Å². The Morgan fingerprint density at radius 3 is 2.48 bits per heavy atom. The highest BCUT2D eigenvalue weighted by Gasteiger charge is 2.11. The molecule has 0 radical (unpaired) electrons. The van der Waals surface area contributed by atoms with E-state index in [9.17, 15) is 9.59 Å². The number of carbonyl (C=O) groups is 2. The van der Waals surface area contributed by atoms with Crippen molar-refractivity contribution in [3.05, 3.63) is 50.7 Å². The van der Waals surface area contributed by atoms with Crippen molar-refractivity contribution in [1.82, 2.24) is 5.32 Å². The van der Waals surface area contributed by atoms with E-state index in [-0.39, 0.29) is 11.8 Å². The van der Waals surface area contributed by atoms with Crippen molar-refractivity contribution in [2.75, 3.05) is 11.9 Å². The van der Waals surface area contributed by atoms with Gasteiger partial charge in [-0.25, -0.2) is 0 Å². The molecule has 2 aromatic rings. The molecule has 0 aliphatic heterocycles. The SMILES string of the molecule is Cc1cc(C(=O)NCCCC(=O)Nc2ccc(Cl)cc2)c(C)s1. The van der Waals surface area contributed by atoms with Crippen LogP contribution >= 0.6 is 22.9 Å². The van der Waals surface area contributed by atoms with Gasteiger partial charge in [-0.2, -0.15) is 0 Å². The second kappa shape index (κ2) is 8.13. The zero-order valence-corrected chi connectivity index (χ0v) is 14.7. The summed E-state index contributed by atoms with van der Waals surface area (Å²) in [5.74, 6) is -0.158. The molecule has 122 valence electrons. The zero-order chi connectivity index (χ0) is 16.8. The summed E-state index contributed by atoms with van der Waals surface area (Å²) in [6.45, 7) is 4.39. The molecular formula is C17H19ClN2O2S. The molecule has 0 atom stereocenters. The molecule has 2 amide bonds. The van der Waals surface area contributed by atoms with Gasteiger partial charge in [0.1, 0.15) is 0 Å². The fraction of sp³-hybridized carbons (Fsp3) is 0.294. The Balaban J connectivity index is 1.70. The molecule has 0 saturated heterocycles. The van der Waals surface area contributed by atoms with E-state index in [2.05, 4.69) is 10.6 Å². The smallest absolute Gasteiger partial charge is 0.252 e. The average Bonchev–Trinajstić information content (AvgIpc) is 2.84. The Bertz CT molecular complexity index is 695. The molecule has 1 aromatic heterocycles. The summed E-state index contributed by atoms with van der Waals surface area (Å²) in [7, 11) is 0. The van der Waals surface area contributed by atoms with Gasteiger partial charge >= 0.3 is 0 Å². The lowest BCUT2D eigenvalue weighted by Gasteiger charge is -2.06. The number of halogens is 1. The van der Waals surface area contributed by atoms with E-state index in [1.165, 1.54) is 0 Å². The molecule has 2 rings (SSSR count). The zero-order valence-electron chi connectivity index (χ0n) is 13.1. The lowest BCUT2D eigenvalue weighted by Crippen LogP contribution is -2.25. The second-order valence-electron chi connectivity index (χ2n) is 5.24. The van der Waals surface area contributed by atoms with Crippen LogP contribution in [0.1, 0.15) is 33.0 Å². The fourth-order valence-electron chi connectivity index (χ4n) is 2.16. The number of nitrogens with one attached hydrogen (secondary N) is 2. The first-order valence-electron chi connectivity index (χ1n) is 7.36. The van der Waals surface area contributed by atoms with Crippen LogP contribution in [0, 0.1) is 13.8 Å². The molecule has 0 aliphatic rings. The normalized spacial score (nSPS) is 10.4. The summed E-state index contributed by atoms with van der Waals surface area (Å²) in [5.41, 5.74) is 1.44. The standard InChI is InChI=1S/C17H19ClN2O2S/c1-11-10-15(12(2)23-11)17(22)19-9-3-4-16(21)20-14-7-5-13(18)6-8-14/h5-8,10H,3-4,9H2,1-2H3,(H,19,22)(H,20,21). The topological polar surface area (TPSA) is 58.2 Å². The van der Waals surface area contributed by atoms with Gasteiger partial charge in [0.15, 0.2) is 0 Å². The Kier molecular flexibility index (Phi) is 6.19. The second-order valence-corrected chi connectivity index (χ2v) is 7.14. The molecule has 0 aliphatic carbocycles. The number of anilines is 1. The van der Waals surface area contributed by atoms with Crippen LogP contribution in [0.15, 0.2) is 30.3 Å². The molecule has 0 unspecified atom stereocenters. The quantitative estimate of drug-likeness (QED) is 0.768. The Morgan fingerprint density at radius 1 is 1.17 bits per heavy atom. The van der Waals surface area contributed by atoms with Gasteiger partial charge < -0.3 is 10.6 Å². The van der Waals surface area contributed by atoms with Crippen molar-refractivity contribution in [3.63, 3.8) is 0 Å². The number of hydrogen-bond acceptors (Lipinski definition) is 3. The van der Waals surface area contributed by atoms with E-state index in [0.29, 0.717) is 30.1 Å². The monoisotopic (exact) mass is 350 g/mol. The van der Waals surface area contributed by atoms with Crippen LogP contribution in [0.4, 0.5) is 5.69 Å². The number of hydrogen-bond donors (Lipinski definition) is 2. The molecule has 0 spiro atoms. The van der Waals surface area contributed by atoms with Crippen LogP contribution in [0.5, 0.6) is 0 Å². The molecular weight excluding hydrogens is 332 g/mol. The van der Waals surface area contributed by atoms with Crippen LogP contribution in [-0.2, 0) is 4.79 Å². The number of thiophene rings is 1. The van der Waals surface area contributed by atoms with Crippen molar-refractivity contribution in [2.24, 2.45) is 0 Å². The van der Waals surface area contributed by atoms with E-state index < -0.39 is 0 Å². The maximum Gasteiger partial charge on any atom is 0.252 e. The lowest BCUT2D eigenvalue weighted by molar-refractivity contribution is -0.116. The first-order valence-corrected chi connectivity index (χ1v) is 8.56. The maximum absolute atomic E-state index is 12.0. The largest absolute Gasteiger partial charge is 0.352 e. The van der Waals surface area contributed by atoms with Gasteiger partial charge in [-0.3, -0.25) is 9.59 Å². The number of carbonyl (C=O) groups excluding carboxylic acids is 2. The van der Waals surface area contributed by atoms with Crippen molar-refractivity contribution in [1.29, 1.82) is 0 Å². The highest BCUT2D eigenvalue weighted by atomic mass is 35.5. The minimum Gasteiger partial charge on any atom is -0.352 e. The predicted molar refractivity (Wildman–Crippen MR) is 95.4 cm³/mol. The summed E-state index contributed by atoms with van der Waals surface area (Å²) in [6, 6.07) is 8.85. The molecule has 0 fully saturated rings. The molecule has 0 saturated carbocycles. The minimum absolute atomic E-state index is 0.0787. The molecule has 23 heavy (non-hydrogen) atoms. The fourth-order valence-corrected chi connectivity index (χ4v) is 3.21. The molecule has 2 N–H and O–H groups in total. The molecule has 1 heterocycles. The van der Waals surface area contributed by atoms with E-state index in [4.69, 9.17) is 11.6 Å². The summed E-state index contributed by atoms with van der Waals surface area (Å²) in [4.78, 5) is 26.0. The van der Waals surface area contributed by atoms with Gasteiger partial charge in [0.25, 0.3) is 5.91 Å². The van der Waals surface area contributed by atoms with Crippen LogP contribution in [0.2, 0.25) is 5.02 Å². The van der Waals surface area contributed by atoms with Gasteiger partial charge in [0, 0.05) is 33.4 Å². The first-order chi connectivity index (χ1) is 11.0. The molecule has 6 heteroatoms. The number of benzene rings is 1. The van der Waals surface area contributed by atoms with Crippen molar-refractivity contribution in [3.8, 4) is 0 Å². The van der Waals surface area contributed by atoms with E-state index in [1.807, 2.05) is 19.9 Å². The summed E-state index contributed by atoms with van der Waals surface area (Å²) in [6.07, 6.45) is 0.942. The van der Waals surface area contributed by atoms with E-state index in [1.54, 1.807) is 35.6 Å². The van der Waals surface area contributed by atoms with Crippen LogP contribution in [-0.4, -0.2) is 18.4 Å². The third-order valence-corrected chi connectivity index (χ3v) is 4.50. The number of amides is 2. The van der Waals surface area contributed by atoms with Crippen LogP contribution < -0.4 is 10.6 Å². The minimum atomic E-state index is -0.0795. The van der Waals surface area contributed by atoms with E-state index in [0.717, 1.165) is 15.3 Å². The van der Waals surface area contributed by atoms with Gasteiger partial charge in [0.2, 0.25) is 5.91 Å². The van der Waals surface area contributed by atoms with Crippen LogP contribution in [0.3, 0.4) is 0 Å². The van der Waals surface area contributed by atoms with Gasteiger partial charge in [-0.05, 0) is 50.6 Å². The van der Waals surface area contributed by atoms with Crippen molar-refractivity contribution in [2.45, 2.75) is 26.7 Å². The van der Waals surface area contributed by atoms with Gasteiger partial charge in [-0.1, -0.05) is 11.6 Å². The predicted octanol–water partition coefficient (Wildman–Crippen LogP) is 4.17. The van der Waals surface area contributed by atoms with E-state index >= 15 is 0 Å². The molecule has 0 bridgehead atoms. The van der Waals surface area contributed by atoms with Gasteiger partial charge in [-0.15, -0.1) is 11.3 Å². The van der Waals surface area contributed by atoms with Gasteiger partial charge in [0.05, 0.1) is 5.56 Å². The Labute approximate surface area is 144 Å². The number of aryl methyl sites for hydroxylation is 2. The summed E-state index contributed by atoms with van der Waals surface area (Å²) >= 11 is 7.40. The highest BCUT2D eigenvalue weighted by molar-refractivity contribution is 7.12. The highest BCUT2D eigenvalue weighted by Crippen LogP contribution is 2.20. The Morgan fingerprint density at radius 2 is 1.87 bits per heavy atom. The Hall–Kier alpha value is -1.85. The molecule has 1 aromatic carbocycles. The van der Waals surface area contributed by atoms with Crippen molar-refractivity contribution < 1.29 is 9.59 Å².